The van der Waals surface area contributed by atoms with Crippen molar-refractivity contribution in [2.75, 3.05) is 0 Å². The van der Waals surface area contributed by atoms with Crippen molar-refractivity contribution >= 4 is 11.6 Å². The highest BCUT2D eigenvalue weighted by Crippen LogP contribution is 2.64. The first kappa shape index (κ1) is 13.0. The summed E-state index contributed by atoms with van der Waals surface area (Å²) in [6.45, 7) is 3.93. The van der Waals surface area contributed by atoms with Crippen LogP contribution < -0.4 is 0 Å². The summed E-state index contributed by atoms with van der Waals surface area (Å²) in [7, 11) is 0. The van der Waals surface area contributed by atoms with Crippen LogP contribution in [-0.2, 0) is 10.4 Å². The Balaban J connectivity index is 2.08. The average Bonchev–Trinajstić information content (AvgIpc) is 2.66. The maximum Gasteiger partial charge on any atom is 0.170 e. The third-order valence-corrected chi connectivity index (χ3v) is 5.99. The van der Waals surface area contributed by atoms with Crippen LogP contribution in [0.5, 0.6) is 0 Å². The van der Waals surface area contributed by atoms with E-state index >= 15 is 0 Å². The molecule has 0 aromatic heterocycles. The summed E-state index contributed by atoms with van der Waals surface area (Å²) in [6, 6.07) is 7.06. The Kier molecular flexibility index (Phi) is 2.29. The number of hydrogen-bond donors (Lipinski definition) is 1. The highest BCUT2D eigenvalue weighted by Gasteiger charge is 2.70. The minimum absolute atomic E-state index is 0.0499. The molecule has 1 aromatic rings. The normalized spacial score (nSPS) is 40.6. The zero-order chi connectivity index (χ0) is 15.0. The van der Waals surface area contributed by atoms with Crippen LogP contribution >= 0.6 is 0 Å². The van der Waals surface area contributed by atoms with Crippen LogP contribution in [0.1, 0.15) is 42.6 Å². The first-order valence-electron chi connectivity index (χ1n) is 7.47. The number of fused-ring (bicyclic) bond motifs is 2. The van der Waals surface area contributed by atoms with Crippen LogP contribution in [0.2, 0.25) is 0 Å². The second-order valence-corrected chi connectivity index (χ2v) is 6.91. The predicted octanol–water partition coefficient (Wildman–Crippen LogP) is 2.63. The third-order valence-electron chi connectivity index (χ3n) is 5.99. The van der Waals surface area contributed by atoms with E-state index in [-0.39, 0.29) is 23.4 Å². The van der Waals surface area contributed by atoms with Gasteiger partial charge in [-0.1, -0.05) is 42.8 Å². The van der Waals surface area contributed by atoms with Crippen molar-refractivity contribution in [2.45, 2.75) is 32.3 Å². The quantitative estimate of drug-likeness (QED) is 0.744. The van der Waals surface area contributed by atoms with Crippen LogP contribution in [0.4, 0.5) is 0 Å². The molecule has 0 radical (unpaired) electrons. The van der Waals surface area contributed by atoms with Crippen LogP contribution in [0.25, 0.3) is 0 Å². The Bertz CT molecular complexity index is 717. The summed E-state index contributed by atoms with van der Waals surface area (Å²) < 4.78 is 0. The van der Waals surface area contributed by atoms with Gasteiger partial charge in [-0.25, -0.2) is 0 Å². The van der Waals surface area contributed by atoms with Crippen molar-refractivity contribution in [2.24, 2.45) is 17.3 Å². The summed E-state index contributed by atoms with van der Waals surface area (Å²) in [4.78, 5) is 25.6. The number of aliphatic hydroxyl groups is 1. The van der Waals surface area contributed by atoms with Gasteiger partial charge >= 0.3 is 0 Å². The third kappa shape index (κ3) is 1.25. The number of benzene rings is 1. The molecule has 1 saturated carbocycles. The monoisotopic (exact) mass is 282 g/mol. The molecule has 0 bridgehead atoms. The molecule has 3 aliphatic rings. The van der Waals surface area contributed by atoms with E-state index in [4.69, 9.17) is 0 Å². The minimum atomic E-state index is -1.52. The lowest BCUT2D eigenvalue weighted by atomic mass is 9.51. The molecule has 1 fully saturated rings. The smallest absolute Gasteiger partial charge is 0.170 e. The summed E-state index contributed by atoms with van der Waals surface area (Å²) in [5.41, 5.74) is -0.0633. The molecule has 4 atom stereocenters. The van der Waals surface area contributed by atoms with Crippen molar-refractivity contribution in [1.82, 2.24) is 0 Å². The topological polar surface area (TPSA) is 54.4 Å². The van der Waals surface area contributed by atoms with Gasteiger partial charge in [0.1, 0.15) is 0 Å². The van der Waals surface area contributed by atoms with E-state index in [1.54, 1.807) is 24.3 Å². The van der Waals surface area contributed by atoms with Gasteiger partial charge in [-0.15, -0.1) is 0 Å². The Morgan fingerprint density at radius 1 is 1.19 bits per heavy atom. The molecule has 4 rings (SSSR count). The van der Waals surface area contributed by atoms with Gasteiger partial charge in [0.15, 0.2) is 17.2 Å². The van der Waals surface area contributed by atoms with Gasteiger partial charge in [-0.2, -0.15) is 0 Å². The Hall–Kier alpha value is -1.74. The van der Waals surface area contributed by atoms with Crippen molar-refractivity contribution in [3.63, 3.8) is 0 Å². The van der Waals surface area contributed by atoms with Crippen molar-refractivity contribution in [3.8, 4) is 0 Å². The zero-order valence-electron chi connectivity index (χ0n) is 12.2. The second-order valence-electron chi connectivity index (χ2n) is 6.91. The molecular weight excluding hydrogens is 264 g/mol. The van der Waals surface area contributed by atoms with Gasteiger partial charge in [0, 0.05) is 28.9 Å². The highest BCUT2D eigenvalue weighted by molar-refractivity contribution is 6.07. The number of carbonyl (C=O) groups excluding carboxylic acids is 2. The molecule has 108 valence electrons. The summed E-state index contributed by atoms with van der Waals surface area (Å²) in [5.74, 6) is -0.430. The summed E-state index contributed by atoms with van der Waals surface area (Å²) >= 11 is 0. The van der Waals surface area contributed by atoms with Crippen molar-refractivity contribution in [1.29, 1.82) is 0 Å². The molecule has 3 nitrogen and oxygen atoms in total. The molecule has 0 amide bonds. The minimum Gasteiger partial charge on any atom is -0.377 e. The van der Waals surface area contributed by atoms with Crippen molar-refractivity contribution in [3.05, 3.63) is 47.0 Å². The molecule has 3 heteroatoms. The van der Waals surface area contributed by atoms with E-state index in [0.29, 0.717) is 24.0 Å². The number of rotatable bonds is 0. The lowest BCUT2D eigenvalue weighted by Gasteiger charge is -2.52. The molecule has 0 spiro atoms. The Morgan fingerprint density at radius 3 is 2.67 bits per heavy atom. The summed E-state index contributed by atoms with van der Waals surface area (Å²) in [5, 5.41) is 11.4. The molecule has 0 saturated heterocycles. The average molecular weight is 282 g/mol. The van der Waals surface area contributed by atoms with Gasteiger partial charge in [-0.3, -0.25) is 9.59 Å². The van der Waals surface area contributed by atoms with Crippen LogP contribution in [0.15, 0.2) is 35.9 Å². The largest absolute Gasteiger partial charge is 0.377 e. The molecule has 1 aromatic carbocycles. The zero-order valence-corrected chi connectivity index (χ0v) is 12.2. The fourth-order valence-electron chi connectivity index (χ4n) is 4.82. The number of hydrogen-bond acceptors (Lipinski definition) is 3. The summed E-state index contributed by atoms with van der Waals surface area (Å²) in [6.07, 6.45) is 3.05. The first-order valence-corrected chi connectivity index (χ1v) is 7.47. The van der Waals surface area contributed by atoms with Crippen LogP contribution in [0.3, 0.4) is 0 Å². The lowest BCUT2D eigenvalue weighted by molar-refractivity contribution is -0.151. The maximum absolute atomic E-state index is 12.9. The van der Waals surface area contributed by atoms with Crippen LogP contribution in [0, 0.1) is 17.3 Å². The predicted molar refractivity (Wildman–Crippen MR) is 77.8 cm³/mol. The van der Waals surface area contributed by atoms with Crippen LogP contribution in [-0.4, -0.2) is 16.7 Å². The molecule has 21 heavy (non-hydrogen) atoms. The number of ketones is 2. The Morgan fingerprint density at radius 2 is 1.90 bits per heavy atom. The standard InChI is InChI=1S/C18H18O3/c1-10-7-11-9-15(19)18(21)13-6-4-3-5-12(13)16(20)14(8-10)17(11,18)2/h3-7,11,14,21H,8-9H2,1-2H3/t11-,14-,17-,18-/m0/s1. The Labute approximate surface area is 123 Å². The van der Waals surface area contributed by atoms with E-state index in [1.807, 2.05) is 13.8 Å². The molecule has 0 aliphatic heterocycles. The van der Waals surface area contributed by atoms with Gasteiger partial charge in [0.25, 0.3) is 0 Å². The molecule has 0 heterocycles. The fraction of sp³-hybridized carbons (Fsp3) is 0.444. The highest BCUT2D eigenvalue weighted by atomic mass is 16.3. The van der Waals surface area contributed by atoms with Gasteiger partial charge in [-0.05, 0) is 19.3 Å². The fourth-order valence-corrected chi connectivity index (χ4v) is 4.82. The maximum atomic E-state index is 12.9. The lowest BCUT2D eigenvalue weighted by Crippen LogP contribution is -2.57. The molecular formula is C18H18O3. The van der Waals surface area contributed by atoms with Gasteiger partial charge in [0.05, 0.1) is 0 Å². The number of carbonyl (C=O) groups is 2. The van der Waals surface area contributed by atoms with E-state index in [1.165, 1.54) is 0 Å². The molecule has 3 aliphatic carbocycles. The SMILES string of the molecule is CC1=C[C@H]2CC(=O)[C@@]3(O)c4ccccc4C(=O)[C@H](C1)[C@]23C. The van der Waals surface area contributed by atoms with E-state index in [0.717, 1.165) is 5.57 Å². The van der Waals surface area contributed by atoms with E-state index in [9.17, 15) is 14.7 Å². The molecule has 1 N–H and O–H groups in total. The molecule has 0 unspecified atom stereocenters. The van der Waals surface area contributed by atoms with Crippen molar-refractivity contribution < 1.29 is 14.7 Å². The number of allylic oxidation sites excluding steroid dienone is 2. The van der Waals surface area contributed by atoms with Gasteiger partial charge < -0.3 is 5.11 Å². The number of Topliss-reactive ketones (excluding diaryl/α,β-unsaturated/α-hetero) is 2. The van der Waals surface area contributed by atoms with E-state index < -0.39 is 11.0 Å². The van der Waals surface area contributed by atoms with Gasteiger partial charge in [0.2, 0.25) is 0 Å². The van der Waals surface area contributed by atoms with E-state index in [2.05, 4.69) is 6.08 Å². The second kappa shape index (κ2) is 3.72. The first-order chi connectivity index (χ1) is 9.90.